The van der Waals surface area contributed by atoms with Crippen molar-refractivity contribution in [1.29, 1.82) is 0 Å². The fourth-order valence-electron chi connectivity index (χ4n) is 3.99. The third-order valence-electron chi connectivity index (χ3n) is 6.64. The Morgan fingerprint density at radius 3 is 2.27 bits per heavy atom. The summed E-state index contributed by atoms with van der Waals surface area (Å²) in [7, 11) is 1.68. The average molecular weight is 447 g/mol. The van der Waals surface area contributed by atoms with Crippen LogP contribution >= 0.6 is 0 Å². The fourth-order valence-corrected chi connectivity index (χ4v) is 3.99. The predicted molar refractivity (Wildman–Crippen MR) is 136 cm³/mol. The Bertz CT molecular complexity index is 1110. The number of aromatic nitrogens is 1. The van der Waals surface area contributed by atoms with E-state index in [-0.39, 0.29) is 17.4 Å². The lowest BCUT2D eigenvalue weighted by molar-refractivity contribution is 0.0912. The zero-order chi connectivity index (χ0) is 23.6. The van der Waals surface area contributed by atoms with Crippen molar-refractivity contribution in [3.8, 4) is 5.75 Å². The number of methoxy groups -OCH3 is 1. The zero-order valence-corrected chi connectivity index (χ0v) is 20.3. The molecule has 3 aromatic rings. The molecular formula is C27H34N4O2. The highest BCUT2D eigenvalue weighted by atomic mass is 16.5. The molecule has 0 bridgehead atoms. The first-order chi connectivity index (χ1) is 15.8. The van der Waals surface area contributed by atoms with E-state index in [9.17, 15) is 4.79 Å². The quantitative estimate of drug-likeness (QED) is 0.614. The summed E-state index contributed by atoms with van der Waals surface area (Å²) in [6.07, 6.45) is 0. The maximum absolute atomic E-state index is 13.3. The topological polar surface area (TPSA) is 57.7 Å². The SMILES string of the molecule is COc1ccc(N2CCN(c3cc(C(=O)N[C@@H](C)C(C)(C)C)c4ccccc4n3)CC2)cc1. The number of ether oxygens (including phenoxy) is 1. The van der Waals surface area contributed by atoms with Crippen molar-refractivity contribution in [3.05, 3.63) is 60.2 Å². The zero-order valence-electron chi connectivity index (χ0n) is 20.3. The van der Waals surface area contributed by atoms with E-state index < -0.39 is 0 Å². The number of nitrogens with one attached hydrogen (secondary N) is 1. The first-order valence-electron chi connectivity index (χ1n) is 11.6. The molecule has 0 spiro atoms. The van der Waals surface area contributed by atoms with Crippen LogP contribution in [-0.4, -0.2) is 50.2 Å². The van der Waals surface area contributed by atoms with Crippen molar-refractivity contribution in [1.82, 2.24) is 10.3 Å². The van der Waals surface area contributed by atoms with Crippen LogP contribution in [0.2, 0.25) is 0 Å². The van der Waals surface area contributed by atoms with Gasteiger partial charge in [0, 0.05) is 43.3 Å². The molecular weight excluding hydrogens is 412 g/mol. The molecule has 6 heteroatoms. The summed E-state index contributed by atoms with van der Waals surface area (Å²) in [5.74, 6) is 1.68. The molecule has 0 radical (unpaired) electrons. The maximum Gasteiger partial charge on any atom is 0.252 e. The number of fused-ring (bicyclic) bond motifs is 1. The van der Waals surface area contributed by atoms with Crippen LogP contribution in [-0.2, 0) is 0 Å². The molecule has 0 unspecified atom stereocenters. The summed E-state index contributed by atoms with van der Waals surface area (Å²) < 4.78 is 5.27. The van der Waals surface area contributed by atoms with Gasteiger partial charge in [-0.25, -0.2) is 4.98 Å². The summed E-state index contributed by atoms with van der Waals surface area (Å²) in [5, 5.41) is 4.08. The second kappa shape index (κ2) is 9.30. The van der Waals surface area contributed by atoms with Crippen LogP contribution in [0.25, 0.3) is 10.9 Å². The van der Waals surface area contributed by atoms with Crippen LogP contribution in [0.4, 0.5) is 11.5 Å². The number of hydrogen-bond donors (Lipinski definition) is 1. The van der Waals surface area contributed by atoms with Gasteiger partial charge >= 0.3 is 0 Å². The van der Waals surface area contributed by atoms with Crippen molar-refractivity contribution in [2.75, 3.05) is 43.1 Å². The van der Waals surface area contributed by atoms with E-state index in [2.05, 4.69) is 54.9 Å². The molecule has 33 heavy (non-hydrogen) atoms. The van der Waals surface area contributed by atoms with Gasteiger partial charge in [-0.15, -0.1) is 0 Å². The number of nitrogens with zero attached hydrogens (tertiary/aromatic N) is 3. The van der Waals surface area contributed by atoms with Crippen molar-refractivity contribution >= 4 is 28.3 Å². The minimum atomic E-state index is -0.0471. The molecule has 1 aliphatic heterocycles. The van der Waals surface area contributed by atoms with E-state index in [1.165, 1.54) is 5.69 Å². The Kier molecular flexibility index (Phi) is 6.45. The third-order valence-corrected chi connectivity index (χ3v) is 6.64. The van der Waals surface area contributed by atoms with E-state index in [1.54, 1.807) is 7.11 Å². The second-order valence-electron chi connectivity index (χ2n) is 9.78. The van der Waals surface area contributed by atoms with E-state index in [4.69, 9.17) is 9.72 Å². The van der Waals surface area contributed by atoms with Crippen LogP contribution in [0, 0.1) is 5.41 Å². The van der Waals surface area contributed by atoms with Crippen molar-refractivity contribution in [2.24, 2.45) is 5.41 Å². The molecule has 1 atom stereocenters. The molecule has 1 N–H and O–H groups in total. The molecule has 1 fully saturated rings. The lowest BCUT2D eigenvalue weighted by atomic mass is 9.88. The summed E-state index contributed by atoms with van der Waals surface area (Å²) in [4.78, 5) is 22.8. The van der Waals surface area contributed by atoms with Gasteiger partial charge in [0.15, 0.2) is 0 Å². The number of pyridine rings is 1. The number of carbonyl (C=O) groups excluding carboxylic acids is 1. The lowest BCUT2D eigenvalue weighted by Crippen LogP contribution is -2.47. The van der Waals surface area contributed by atoms with Gasteiger partial charge in [-0.2, -0.15) is 0 Å². The number of amides is 1. The number of piperazine rings is 1. The minimum Gasteiger partial charge on any atom is -0.497 e. The van der Waals surface area contributed by atoms with Crippen LogP contribution in [0.15, 0.2) is 54.6 Å². The third kappa shape index (κ3) is 5.05. The van der Waals surface area contributed by atoms with Gasteiger partial charge < -0.3 is 19.9 Å². The number of anilines is 2. The van der Waals surface area contributed by atoms with Crippen LogP contribution in [0.1, 0.15) is 38.1 Å². The number of rotatable bonds is 5. The van der Waals surface area contributed by atoms with Gasteiger partial charge in [-0.3, -0.25) is 4.79 Å². The Morgan fingerprint density at radius 2 is 1.64 bits per heavy atom. The first-order valence-corrected chi connectivity index (χ1v) is 11.6. The average Bonchev–Trinajstić information content (AvgIpc) is 2.83. The molecule has 1 aliphatic rings. The Morgan fingerprint density at radius 1 is 1.00 bits per heavy atom. The van der Waals surface area contributed by atoms with E-state index in [0.29, 0.717) is 5.56 Å². The normalized spacial score (nSPS) is 15.4. The van der Waals surface area contributed by atoms with Crippen LogP contribution in [0.3, 0.4) is 0 Å². The Balaban J connectivity index is 1.55. The van der Waals surface area contributed by atoms with Gasteiger partial charge in [0.05, 0.1) is 18.2 Å². The molecule has 4 rings (SSSR count). The minimum absolute atomic E-state index is 0.0148. The maximum atomic E-state index is 13.3. The monoisotopic (exact) mass is 446 g/mol. The van der Waals surface area contributed by atoms with E-state index in [0.717, 1.165) is 48.6 Å². The summed E-state index contributed by atoms with van der Waals surface area (Å²) in [5.41, 5.74) is 2.71. The molecule has 1 saturated heterocycles. The fraction of sp³-hybridized carbons (Fsp3) is 0.407. The number of hydrogen-bond acceptors (Lipinski definition) is 5. The van der Waals surface area contributed by atoms with Crippen molar-refractivity contribution < 1.29 is 9.53 Å². The van der Waals surface area contributed by atoms with Crippen molar-refractivity contribution in [3.63, 3.8) is 0 Å². The molecule has 174 valence electrons. The van der Waals surface area contributed by atoms with Gasteiger partial charge in [-0.1, -0.05) is 39.0 Å². The molecule has 2 heterocycles. The van der Waals surface area contributed by atoms with E-state index >= 15 is 0 Å². The molecule has 2 aromatic carbocycles. The van der Waals surface area contributed by atoms with Gasteiger partial charge in [0.1, 0.15) is 11.6 Å². The summed E-state index contributed by atoms with van der Waals surface area (Å²) in [6.45, 7) is 11.9. The highest BCUT2D eigenvalue weighted by Crippen LogP contribution is 2.27. The Labute approximate surface area is 196 Å². The van der Waals surface area contributed by atoms with Gasteiger partial charge in [0.25, 0.3) is 5.91 Å². The standard InChI is InChI=1S/C27H34N4O2/c1-19(27(2,3)4)28-26(32)23-18-25(29-24-9-7-6-8-22(23)24)31-16-14-30(15-17-31)20-10-12-21(33-5)13-11-20/h6-13,18-19H,14-17H2,1-5H3,(H,28,32)/t19-/m0/s1. The van der Waals surface area contributed by atoms with Gasteiger partial charge in [0.2, 0.25) is 0 Å². The molecule has 0 saturated carbocycles. The molecule has 6 nitrogen and oxygen atoms in total. The molecule has 1 aromatic heterocycles. The van der Waals surface area contributed by atoms with Crippen LogP contribution in [0.5, 0.6) is 5.75 Å². The van der Waals surface area contributed by atoms with E-state index in [1.807, 2.05) is 42.5 Å². The largest absolute Gasteiger partial charge is 0.497 e. The lowest BCUT2D eigenvalue weighted by Gasteiger charge is -2.37. The second-order valence-corrected chi connectivity index (χ2v) is 9.78. The summed E-state index contributed by atoms with van der Waals surface area (Å²) >= 11 is 0. The smallest absolute Gasteiger partial charge is 0.252 e. The number of para-hydroxylation sites is 1. The Hall–Kier alpha value is -3.28. The predicted octanol–water partition coefficient (Wildman–Crippen LogP) is 4.73. The highest BCUT2D eigenvalue weighted by Gasteiger charge is 2.25. The molecule has 0 aliphatic carbocycles. The number of benzene rings is 2. The summed E-state index contributed by atoms with van der Waals surface area (Å²) in [6, 6.07) is 18.1. The number of carbonyl (C=O) groups is 1. The van der Waals surface area contributed by atoms with Crippen molar-refractivity contribution in [2.45, 2.75) is 33.7 Å². The first kappa shape index (κ1) is 22.9. The molecule has 1 amide bonds. The highest BCUT2D eigenvalue weighted by molar-refractivity contribution is 6.07. The van der Waals surface area contributed by atoms with Crippen LogP contribution < -0.4 is 19.9 Å². The van der Waals surface area contributed by atoms with Gasteiger partial charge in [-0.05, 0) is 48.7 Å².